The molecule has 1 fully saturated rings. The molecular formula is C14H16INO4. The van der Waals surface area contributed by atoms with E-state index in [-0.39, 0.29) is 12.3 Å². The molecule has 2 rings (SSSR count). The summed E-state index contributed by atoms with van der Waals surface area (Å²) in [5, 5.41) is 11.8. The Morgan fingerprint density at radius 2 is 2.30 bits per heavy atom. The Kier molecular flexibility index (Phi) is 5.36. The molecule has 2 N–H and O–H groups in total. The maximum atomic E-state index is 11.9. The van der Waals surface area contributed by atoms with Crippen LogP contribution in [0.15, 0.2) is 24.3 Å². The minimum atomic E-state index is -1.03. The number of carboxylic acid groups (broad SMARTS) is 1. The van der Waals surface area contributed by atoms with Gasteiger partial charge in [-0.2, -0.15) is 0 Å². The minimum absolute atomic E-state index is 0.268. The maximum Gasteiger partial charge on any atom is 0.326 e. The van der Waals surface area contributed by atoms with E-state index < -0.39 is 18.1 Å². The van der Waals surface area contributed by atoms with E-state index in [4.69, 9.17) is 4.74 Å². The zero-order valence-corrected chi connectivity index (χ0v) is 13.0. The molecule has 2 atom stereocenters. The van der Waals surface area contributed by atoms with E-state index in [9.17, 15) is 14.7 Å². The molecule has 0 spiro atoms. The second kappa shape index (κ2) is 7.03. The Labute approximate surface area is 130 Å². The highest BCUT2D eigenvalue weighted by Gasteiger charge is 2.28. The molecule has 1 aliphatic rings. The van der Waals surface area contributed by atoms with Crippen molar-refractivity contribution < 1.29 is 19.4 Å². The smallest absolute Gasteiger partial charge is 0.326 e. The van der Waals surface area contributed by atoms with Crippen LogP contribution < -0.4 is 5.32 Å². The molecule has 1 amide bonds. The van der Waals surface area contributed by atoms with Crippen molar-refractivity contribution in [3.05, 3.63) is 33.4 Å². The highest BCUT2D eigenvalue weighted by Crippen LogP contribution is 2.13. The van der Waals surface area contributed by atoms with Crippen molar-refractivity contribution in [2.75, 3.05) is 6.61 Å². The molecule has 108 valence electrons. The lowest BCUT2D eigenvalue weighted by Crippen LogP contribution is -2.46. The summed E-state index contributed by atoms with van der Waals surface area (Å²) in [4.78, 5) is 23.2. The van der Waals surface area contributed by atoms with Crippen molar-refractivity contribution in [1.82, 2.24) is 5.32 Å². The Hall–Kier alpha value is -1.15. The van der Waals surface area contributed by atoms with Gasteiger partial charge in [-0.25, -0.2) is 4.79 Å². The van der Waals surface area contributed by atoms with Gasteiger partial charge in [-0.15, -0.1) is 0 Å². The number of halogens is 1. The summed E-state index contributed by atoms with van der Waals surface area (Å²) in [5.74, 6) is -1.37. The van der Waals surface area contributed by atoms with Crippen LogP contribution in [0.2, 0.25) is 0 Å². The third-order valence-electron chi connectivity index (χ3n) is 3.17. The fourth-order valence-electron chi connectivity index (χ4n) is 2.15. The third kappa shape index (κ3) is 4.17. The molecule has 1 aromatic rings. The van der Waals surface area contributed by atoms with Crippen molar-refractivity contribution in [3.63, 3.8) is 0 Å². The zero-order chi connectivity index (χ0) is 14.5. The normalized spacial score (nSPS) is 19.6. The Balaban J connectivity index is 2.00. The van der Waals surface area contributed by atoms with E-state index in [1.54, 1.807) is 0 Å². The monoisotopic (exact) mass is 389 g/mol. The van der Waals surface area contributed by atoms with Crippen molar-refractivity contribution in [1.29, 1.82) is 0 Å². The first-order valence-electron chi connectivity index (χ1n) is 6.45. The molecule has 0 aromatic heterocycles. The lowest BCUT2D eigenvalue weighted by molar-refractivity contribution is -0.143. The summed E-state index contributed by atoms with van der Waals surface area (Å²) in [6.07, 6.45) is 1.26. The van der Waals surface area contributed by atoms with Gasteiger partial charge in [0.05, 0.1) is 0 Å². The molecule has 0 saturated carbocycles. The van der Waals surface area contributed by atoms with Gasteiger partial charge in [-0.1, -0.05) is 12.1 Å². The van der Waals surface area contributed by atoms with Crippen LogP contribution in [0.5, 0.6) is 0 Å². The van der Waals surface area contributed by atoms with Crippen molar-refractivity contribution in [2.45, 2.75) is 31.4 Å². The predicted octanol–water partition coefficient (Wildman–Crippen LogP) is 1.58. The molecule has 1 saturated heterocycles. The molecule has 20 heavy (non-hydrogen) atoms. The van der Waals surface area contributed by atoms with Gasteiger partial charge in [0.15, 0.2) is 0 Å². The average Bonchev–Trinajstić information content (AvgIpc) is 2.91. The van der Waals surface area contributed by atoms with Crippen LogP contribution in [0.25, 0.3) is 0 Å². The van der Waals surface area contributed by atoms with Gasteiger partial charge in [0.2, 0.25) is 5.91 Å². The van der Waals surface area contributed by atoms with Crippen LogP contribution in [0.4, 0.5) is 0 Å². The molecule has 0 radical (unpaired) electrons. The fourth-order valence-corrected chi connectivity index (χ4v) is 2.76. The number of hydrogen-bond donors (Lipinski definition) is 2. The molecule has 0 unspecified atom stereocenters. The Morgan fingerprint density at radius 1 is 1.50 bits per heavy atom. The molecule has 1 aliphatic heterocycles. The van der Waals surface area contributed by atoms with Crippen LogP contribution >= 0.6 is 22.6 Å². The lowest BCUT2D eigenvalue weighted by Gasteiger charge is -2.17. The molecule has 0 bridgehead atoms. The van der Waals surface area contributed by atoms with Gasteiger partial charge in [-0.3, -0.25) is 4.79 Å². The number of carbonyl (C=O) groups excluding carboxylic acids is 1. The van der Waals surface area contributed by atoms with E-state index in [1.165, 1.54) is 0 Å². The largest absolute Gasteiger partial charge is 0.480 e. The number of carboxylic acids is 1. The summed E-state index contributed by atoms with van der Waals surface area (Å²) < 4.78 is 6.30. The quantitative estimate of drug-likeness (QED) is 0.750. The zero-order valence-electron chi connectivity index (χ0n) is 10.8. The van der Waals surface area contributed by atoms with Crippen LogP contribution in [-0.2, 0) is 20.7 Å². The molecule has 5 nitrogen and oxygen atoms in total. The topological polar surface area (TPSA) is 75.6 Å². The lowest BCUT2D eigenvalue weighted by atomic mass is 10.1. The first kappa shape index (κ1) is 15.2. The first-order valence-corrected chi connectivity index (χ1v) is 7.53. The van der Waals surface area contributed by atoms with Gasteiger partial charge < -0.3 is 15.2 Å². The fraction of sp³-hybridized carbons (Fsp3) is 0.429. The van der Waals surface area contributed by atoms with Crippen molar-refractivity contribution in [2.24, 2.45) is 0 Å². The summed E-state index contributed by atoms with van der Waals surface area (Å²) >= 11 is 2.17. The van der Waals surface area contributed by atoms with Gasteiger partial charge in [0.1, 0.15) is 12.1 Å². The van der Waals surface area contributed by atoms with Crippen LogP contribution in [0, 0.1) is 3.57 Å². The van der Waals surface area contributed by atoms with E-state index in [1.807, 2.05) is 24.3 Å². The molecule has 0 aliphatic carbocycles. The van der Waals surface area contributed by atoms with Crippen LogP contribution in [0.3, 0.4) is 0 Å². The highest BCUT2D eigenvalue weighted by molar-refractivity contribution is 14.1. The minimum Gasteiger partial charge on any atom is -0.480 e. The third-order valence-corrected chi connectivity index (χ3v) is 3.84. The molecule has 1 aromatic carbocycles. The summed E-state index contributed by atoms with van der Waals surface area (Å²) in [7, 11) is 0. The SMILES string of the molecule is O=C(O)[C@H](Cc1cccc(I)c1)NC(=O)[C@H]1CCCO1. The van der Waals surface area contributed by atoms with Gasteiger partial charge in [0.25, 0.3) is 0 Å². The number of ether oxygens (including phenoxy) is 1. The standard InChI is InChI=1S/C14H16INO4/c15-10-4-1-3-9(7-10)8-11(14(18)19)16-13(17)12-5-2-6-20-12/h1,3-4,7,11-12H,2,5-6,8H2,(H,16,17)(H,18,19)/t11-,12+/m0/s1. The van der Waals surface area contributed by atoms with E-state index in [0.29, 0.717) is 13.0 Å². The molecular weight excluding hydrogens is 373 g/mol. The molecule has 6 heteroatoms. The summed E-state index contributed by atoms with van der Waals surface area (Å²) in [6.45, 7) is 0.562. The number of amides is 1. The second-order valence-electron chi connectivity index (χ2n) is 4.74. The number of rotatable bonds is 5. The van der Waals surface area contributed by atoms with E-state index in [0.717, 1.165) is 15.6 Å². The summed E-state index contributed by atoms with van der Waals surface area (Å²) in [5.41, 5.74) is 0.886. The highest BCUT2D eigenvalue weighted by atomic mass is 127. The van der Waals surface area contributed by atoms with Gasteiger partial charge in [-0.05, 0) is 53.1 Å². The van der Waals surface area contributed by atoms with Gasteiger partial charge in [0, 0.05) is 16.6 Å². The maximum absolute atomic E-state index is 11.9. The number of carbonyl (C=O) groups is 2. The predicted molar refractivity (Wildman–Crippen MR) is 81.4 cm³/mol. The van der Waals surface area contributed by atoms with Gasteiger partial charge >= 0.3 is 5.97 Å². The van der Waals surface area contributed by atoms with Crippen LogP contribution in [0.1, 0.15) is 18.4 Å². The van der Waals surface area contributed by atoms with Crippen LogP contribution in [-0.4, -0.2) is 35.7 Å². The Bertz CT molecular complexity index is 500. The molecule has 1 heterocycles. The van der Waals surface area contributed by atoms with E-state index >= 15 is 0 Å². The summed E-state index contributed by atoms with van der Waals surface area (Å²) in [6, 6.07) is 6.65. The number of aliphatic carboxylic acids is 1. The Morgan fingerprint density at radius 3 is 2.90 bits per heavy atom. The van der Waals surface area contributed by atoms with Crippen molar-refractivity contribution >= 4 is 34.5 Å². The average molecular weight is 389 g/mol. The number of hydrogen-bond acceptors (Lipinski definition) is 3. The van der Waals surface area contributed by atoms with Crippen molar-refractivity contribution in [3.8, 4) is 0 Å². The number of nitrogens with one attached hydrogen (secondary N) is 1. The number of benzene rings is 1. The van der Waals surface area contributed by atoms with E-state index in [2.05, 4.69) is 27.9 Å². The first-order chi connectivity index (χ1) is 9.56. The second-order valence-corrected chi connectivity index (χ2v) is 5.98.